The van der Waals surface area contributed by atoms with Crippen molar-refractivity contribution in [3.05, 3.63) is 97.8 Å². The molecule has 1 amide bonds. The van der Waals surface area contributed by atoms with E-state index >= 15 is 0 Å². The summed E-state index contributed by atoms with van der Waals surface area (Å²) in [5.41, 5.74) is 1.98. The number of fused-ring (bicyclic) bond motifs is 1. The quantitative estimate of drug-likeness (QED) is 0.403. The molecular formula is C31H38N4O6. The average Bonchev–Trinajstić information content (AvgIpc) is 2.88. The first kappa shape index (κ1) is 29.8. The fourth-order valence-electron chi connectivity index (χ4n) is 4.77. The van der Waals surface area contributed by atoms with Crippen LogP contribution >= 0.6 is 0 Å². The molecule has 218 valence electrons. The summed E-state index contributed by atoms with van der Waals surface area (Å²) in [5, 5.41) is 2.59. The first-order valence-corrected chi connectivity index (χ1v) is 13.8. The Kier molecular flexibility index (Phi) is 9.12. The van der Waals surface area contributed by atoms with Crippen LogP contribution in [0.2, 0.25) is 0 Å². The van der Waals surface area contributed by atoms with Crippen LogP contribution in [0.4, 0.5) is 4.79 Å². The number of rotatable bonds is 8. The van der Waals surface area contributed by atoms with Gasteiger partial charge in [-0.2, -0.15) is 0 Å². The molecule has 0 radical (unpaired) electrons. The zero-order valence-corrected chi connectivity index (χ0v) is 24.2. The SMILES string of the molecule is CC(C)OC(=O)[C@H](Cc1ccc(-n2c(=O)[nH]c3c(c2=O)CCN(Cc2ccccc2)C3)cc1)NC(=O)OC(C)(C)C. The van der Waals surface area contributed by atoms with E-state index in [0.29, 0.717) is 42.0 Å². The van der Waals surface area contributed by atoms with Crippen LogP contribution in [0.15, 0.2) is 64.2 Å². The smallest absolute Gasteiger partial charge is 0.408 e. The topological polar surface area (TPSA) is 123 Å². The largest absolute Gasteiger partial charge is 0.461 e. The Hall–Kier alpha value is -4.18. The lowest BCUT2D eigenvalue weighted by Gasteiger charge is -2.28. The molecule has 10 nitrogen and oxygen atoms in total. The van der Waals surface area contributed by atoms with Crippen LogP contribution in [0.25, 0.3) is 5.69 Å². The van der Waals surface area contributed by atoms with E-state index in [9.17, 15) is 19.2 Å². The second-order valence-electron chi connectivity index (χ2n) is 11.5. The number of carbonyl (C=O) groups excluding carboxylic acids is 2. The highest BCUT2D eigenvalue weighted by atomic mass is 16.6. The van der Waals surface area contributed by atoms with E-state index in [2.05, 4.69) is 27.3 Å². The molecule has 2 N–H and O–H groups in total. The lowest BCUT2D eigenvalue weighted by Crippen LogP contribution is -2.46. The van der Waals surface area contributed by atoms with Crippen molar-refractivity contribution in [2.45, 2.75) is 78.3 Å². The van der Waals surface area contributed by atoms with Crippen molar-refractivity contribution in [3.8, 4) is 5.69 Å². The number of alkyl carbamates (subject to hydrolysis) is 1. The molecule has 4 rings (SSSR count). The number of aromatic amines is 1. The average molecular weight is 563 g/mol. The molecule has 0 unspecified atom stereocenters. The first-order valence-electron chi connectivity index (χ1n) is 13.8. The third-order valence-corrected chi connectivity index (χ3v) is 6.56. The first-order chi connectivity index (χ1) is 19.4. The Morgan fingerprint density at radius 1 is 1.00 bits per heavy atom. The number of carbonyl (C=O) groups is 2. The molecule has 3 aromatic rings. The van der Waals surface area contributed by atoms with Crippen molar-refractivity contribution in [2.24, 2.45) is 0 Å². The summed E-state index contributed by atoms with van der Waals surface area (Å²) in [7, 11) is 0. The number of nitrogens with one attached hydrogen (secondary N) is 2. The van der Waals surface area contributed by atoms with E-state index in [-0.39, 0.29) is 18.1 Å². The monoisotopic (exact) mass is 562 g/mol. The van der Waals surface area contributed by atoms with Gasteiger partial charge in [-0.25, -0.2) is 19.0 Å². The molecule has 1 aromatic heterocycles. The Bertz CT molecular complexity index is 1490. The van der Waals surface area contributed by atoms with Crippen LogP contribution < -0.4 is 16.6 Å². The number of aromatic nitrogens is 2. The lowest BCUT2D eigenvalue weighted by atomic mass is 10.0. The number of amides is 1. The molecule has 1 atom stereocenters. The van der Waals surface area contributed by atoms with Crippen LogP contribution in [-0.2, 0) is 40.2 Å². The second kappa shape index (κ2) is 12.6. The van der Waals surface area contributed by atoms with E-state index in [4.69, 9.17) is 9.47 Å². The van der Waals surface area contributed by atoms with Gasteiger partial charge in [0.05, 0.1) is 11.8 Å². The molecule has 41 heavy (non-hydrogen) atoms. The van der Waals surface area contributed by atoms with Gasteiger partial charge in [-0.1, -0.05) is 42.5 Å². The molecular weight excluding hydrogens is 524 g/mol. The number of hydrogen-bond acceptors (Lipinski definition) is 7. The molecule has 0 bridgehead atoms. The van der Waals surface area contributed by atoms with E-state index in [0.717, 1.165) is 11.1 Å². The maximum absolute atomic E-state index is 13.4. The summed E-state index contributed by atoms with van der Waals surface area (Å²) < 4.78 is 11.8. The van der Waals surface area contributed by atoms with Gasteiger partial charge in [-0.15, -0.1) is 0 Å². The Labute approximate surface area is 239 Å². The van der Waals surface area contributed by atoms with E-state index in [1.54, 1.807) is 58.9 Å². The van der Waals surface area contributed by atoms with Gasteiger partial charge in [-0.05, 0) is 64.3 Å². The maximum atomic E-state index is 13.4. The summed E-state index contributed by atoms with van der Waals surface area (Å²) in [6, 6.07) is 15.8. The molecule has 0 spiro atoms. The molecule has 10 heteroatoms. The van der Waals surface area contributed by atoms with Crippen molar-refractivity contribution in [1.82, 2.24) is 19.8 Å². The molecule has 0 saturated heterocycles. The molecule has 2 heterocycles. The minimum Gasteiger partial charge on any atom is -0.461 e. The minimum absolute atomic E-state index is 0.137. The van der Waals surface area contributed by atoms with Crippen molar-refractivity contribution in [2.75, 3.05) is 6.54 Å². The number of nitrogens with zero attached hydrogens (tertiary/aromatic N) is 2. The van der Waals surface area contributed by atoms with Crippen molar-refractivity contribution in [3.63, 3.8) is 0 Å². The predicted octanol–water partition coefficient (Wildman–Crippen LogP) is 3.47. The lowest BCUT2D eigenvalue weighted by molar-refractivity contribution is -0.149. The van der Waals surface area contributed by atoms with Crippen LogP contribution in [0, 0.1) is 0 Å². The van der Waals surface area contributed by atoms with Gasteiger partial charge in [-0.3, -0.25) is 9.69 Å². The molecule has 0 aliphatic carbocycles. The highest BCUT2D eigenvalue weighted by molar-refractivity contribution is 5.82. The van der Waals surface area contributed by atoms with Crippen LogP contribution in [0.5, 0.6) is 0 Å². The Balaban J connectivity index is 1.51. The van der Waals surface area contributed by atoms with Gasteiger partial charge in [0.1, 0.15) is 11.6 Å². The summed E-state index contributed by atoms with van der Waals surface area (Å²) >= 11 is 0. The van der Waals surface area contributed by atoms with Gasteiger partial charge in [0.25, 0.3) is 5.56 Å². The standard InChI is InChI=1S/C31H38N4O6/c1-20(2)40-28(37)25(33-30(39)41-31(3,4)5)17-21-11-13-23(14-12-21)35-27(36)24-15-16-34(19-26(24)32-29(35)38)18-22-9-7-6-8-10-22/h6-14,20,25H,15-19H2,1-5H3,(H,32,38)(H,33,39)/t25-/m0/s1. The summed E-state index contributed by atoms with van der Waals surface area (Å²) in [5.74, 6) is -0.585. The van der Waals surface area contributed by atoms with Gasteiger partial charge in [0.2, 0.25) is 0 Å². The van der Waals surface area contributed by atoms with Crippen LogP contribution in [-0.4, -0.2) is 50.8 Å². The van der Waals surface area contributed by atoms with Gasteiger partial charge in [0.15, 0.2) is 0 Å². The van der Waals surface area contributed by atoms with Crippen molar-refractivity contribution >= 4 is 12.1 Å². The predicted molar refractivity (Wildman–Crippen MR) is 155 cm³/mol. The molecule has 1 aliphatic rings. The fraction of sp³-hybridized carbons (Fsp3) is 0.419. The third kappa shape index (κ3) is 7.94. The van der Waals surface area contributed by atoms with Gasteiger partial charge >= 0.3 is 17.8 Å². The second-order valence-corrected chi connectivity index (χ2v) is 11.5. The normalized spacial score (nSPS) is 14.3. The van der Waals surface area contributed by atoms with Crippen LogP contribution in [0.1, 0.15) is 57.0 Å². The zero-order chi connectivity index (χ0) is 29.7. The number of esters is 1. The Morgan fingerprint density at radius 2 is 1.68 bits per heavy atom. The fourth-order valence-corrected chi connectivity index (χ4v) is 4.77. The van der Waals surface area contributed by atoms with Crippen molar-refractivity contribution in [1.29, 1.82) is 0 Å². The van der Waals surface area contributed by atoms with E-state index < -0.39 is 29.4 Å². The van der Waals surface area contributed by atoms with Gasteiger partial charge in [0, 0.05) is 37.3 Å². The highest BCUT2D eigenvalue weighted by Crippen LogP contribution is 2.17. The molecule has 1 aliphatic heterocycles. The van der Waals surface area contributed by atoms with Crippen LogP contribution in [0.3, 0.4) is 0 Å². The molecule has 2 aromatic carbocycles. The van der Waals surface area contributed by atoms with Crippen molar-refractivity contribution < 1.29 is 19.1 Å². The molecule has 0 fully saturated rings. The minimum atomic E-state index is -0.980. The third-order valence-electron chi connectivity index (χ3n) is 6.56. The van der Waals surface area contributed by atoms with E-state index in [1.165, 1.54) is 5.56 Å². The number of ether oxygens (including phenoxy) is 2. The van der Waals surface area contributed by atoms with E-state index in [1.807, 2.05) is 18.2 Å². The zero-order valence-electron chi connectivity index (χ0n) is 24.2. The maximum Gasteiger partial charge on any atom is 0.408 e. The summed E-state index contributed by atoms with van der Waals surface area (Å²) in [6.45, 7) is 10.6. The number of hydrogen-bond donors (Lipinski definition) is 2. The Morgan fingerprint density at radius 3 is 2.32 bits per heavy atom. The molecule has 0 saturated carbocycles. The highest BCUT2D eigenvalue weighted by Gasteiger charge is 2.27. The number of H-pyrrole nitrogens is 1. The summed E-state index contributed by atoms with van der Waals surface area (Å²) in [6.07, 6.45) is -0.418. The number of benzene rings is 2. The van der Waals surface area contributed by atoms with Gasteiger partial charge < -0.3 is 19.8 Å². The summed E-state index contributed by atoms with van der Waals surface area (Å²) in [4.78, 5) is 56.6.